The summed E-state index contributed by atoms with van der Waals surface area (Å²) in [6, 6.07) is 0.325. The van der Waals surface area contributed by atoms with Crippen molar-refractivity contribution in [3.63, 3.8) is 0 Å². The van der Waals surface area contributed by atoms with Gasteiger partial charge in [-0.25, -0.2) is 0 Å². The first-order valence-electron chi connectivity index (χ1n) is 4.14. The van der Waals surface area contributed by atoms with Gasteiger partial charge in [0, 0.05) is 5.56 Å². The van der Waals surface area contributed by atoms with Crippen molar-refractivity contribution in [1.82, 2.24) is 0 Å². The number of anilines is 1. The molecular formula is C9H11F3N2O. The van der Waals surface area contributed by atoms with Crippen LogP contribution in [0.3, 0.4) is 0 Å². The molecule has 1 rings (SSSR count). The lowest BCUT2D eigenvalue weighted by Crippen LogP contribution is -2.28. The molecule has 3 nitrogen and oxygen atoms in total. The normalized spacial score (nSPS) is 13.9. The second kappa shape index (κ2) is 3.62. The maximum Gasteiger partial charge on any atom is 0.407 e. The zero-order valence-electron chi connectivity index (χ0n) is 7.97. The molecule has 0 amide bonds. The number of aromatic hydroxyl groups is 1. The summed E-state index contributed by atoms with van der Waals surface area (Å²) in [6.45, 7) is 1.57. The fourth-order valence-electron chi connectivity index (χ4n) is 1.25. The van der Waals surface area contributed by atoms with Gasteiger partial charge in [-0.1, -0.05) is 6.07 Å². The number of rotatable bonds is 1. The summed E-state index contributed by atoms with van der Waals surface area (Å²) in [4.78, 5) is 0. The molecule has 0 bridgehead atoms. The first-order valence-corrected chi connectivity index (χ1v) is 4.14. The van der Waals surface area contributed by atoms with Crippen molar-refractivity contribution in [1.29, 1.82) is 0 Å². The molecule has 0 aliphatic carbocycles. The number of phenolic OH excluding ortho intramolecular Hbond substituents is 1. The number of hydrogen-bond donors (Lipinski definition) is 3. The molecule has 0 fully saturated rings. The molecule has 5 N–H and O–H groups in total. The second-order valence-electron chi connectivity index (χ2n) is 3.31. The van der Waals surface area contributed by atoms with Gasteiger partial charge in [0.2, 0.25) is 0 Å². The number of nitrogens with two attached hydrogens (primary N) is 2. The summed E-state index contributed by atoms with van der Waals surface area (Å²) >= 11 is 0. The maximum atomic E-state index is 12.3. The molecule has 0 aromatic heterocycles. The van der Waals surface area contributed by atoms with Gasteiger partial charge in [0.05, 0.1) is 5.69 Å². The van der Waals surface area contributed by atoms with Crippen molar-refractivity contribution in [3.05, 3.63) is 23.3 Å². The van der Waals surface area contributed by atoms with Gasteiger partial charge in [0.25, 0.3) is 0 Å². The largest absolute Gasteiger partial charge is 0.505 e. The van der Waals surface area contributed by atoms with Crippen LogP contribution in [0.1, 0.15) is 17.2 Å². The molecule has 0 heterocycles. The Labute approximate surface area is 84.5 Å². The number of benzene rings is 1. The van der Waals surface area contributed by atoms with E-state index in [2.05, 4.69) is 0 Å². The Morgan fingerprint density at radius 2 is 1.87 bits per heavy atom. The first kappa shape index (κ1) is 11.6. The van der Waals surface area contributed by atoms with E-state index < -0.39 is 23.5 Å². The number of alkyl halides is 3. The van der Waals surface area contributed by atoms with Crippen LogP contribution in [-0.4, -0.2) is 11.3 Å². The first-order chi connectivity index (χ1) is 6.73. The van der Waals surface area contributed by atoms with Crippen LogP contribution in [0.15, 0.2) is 12.1 Å². The second-order valence-corrected chi connectivity index (χ2v) is 3.31. The smallest absolute Gasteiger partial charge is 0.407 e. The zero-order valence-corrected chi connectivity index (χ0v) is 7.97. The summed E-state index contributed by atoms with van der Waals surface area (Å²) in [7, 11) is 0. The molecule has 0 aliphatic heterocycles. The minimum atomic E-state index is -4.60. The summed E-state index contributed by atoms with van der Waals surface area (Å²) in [5.74, 6) is -0.606. The average Bonchev–Trinajstić information content (AvgIpc) is 2.08. The van der Waals surface area contributed by atoms with Gasteiger partial charge in [-0.3, -0.25) is 0 Å². The SMILES string of the molecule is Cc1cc(N)c(O)c([C@H](N)C(F)(F)F)c1. The molecule has 15 heavy (non-hydrogen) atoms. The van der Waals surface area contributed by atoms with Gasteiger partial charge in [0.15, 0.2) is 0 Å². The molecule has 0 aliphatic rings. The molecule has 1 aromatic carbocycles. The molecule has 0 unspecified atom stereocenters. The lowest BCUT2D eigenvalue weighted by molar-refractivity contribution is -0.149. The number of halogens is 3. The summed E-state index contributed by atoms with van der Waals surface area (Å²) < 4.78 is 36.9. The lowest BCUT2D eigenvalue weighted by atomic mass is 10.0. The highest BCUT2D eigenvalue weighted by Gasteiger charge is 2.39. The van der Waals surface area contributed by atoms with Crippen LogP contribution in [0.2, 0.25) is 0 Å². The van der Waals surface area contributed by atoms with E-state index in [0.717, 1.165) is 0 Å². The van der Waals surface area contributed by atoms with Crippen molar-refractivity contribution in [3.8, 4) is 5.75 Å². The highest BCUT2D eigenvalue weighted by atomic mass is 19.4. The van der Waals surface area contributed by atoms with Crippen LogP contribution >= 0.6 is 0 Å². The Hall–Kier alpha value is -1.43. The number of hydrogen-bond acceptors (Lipinski definition) is 3. The fraction of sp³-hybridized carbons (Fsp3) is 0.333. The van der Waals surface area contributed by atoms with Gasteiger partial charge < -0.3 is 16.6 Å². The standard InChI is InChI=1S/C9H11F3N2O/c1-4-2-5(7(15)6(13)3-4)8(14)9(10,11)12/h2-3,8,15H,13-14H2,1H3/t8-/m0/s1. The monoisotopic (exact) mass is 220 g/mol. The number of aryl methyl sites for hydroxylation is 1. The highest BCUT2D eigenvalue weighted by Crippen LogP contribution is 2.38. The molecule has 0 saturated carbocycles. The minimum Gasteiger partial charge on any atom is -0.505 e. The predicted molar refractivity (Wildman–Crippen MR) is 50.2 cm³/mol. The van der Waals surface area contributed by atoms with Gasteiger partial charge in [-0.05, 0) is 18.6 Å². The highest BCUT2D eigenvalue weighted by molar-refractivity contribution is 5.58. The molecular weight excluding hydrogens is 209 g/mol. The van der Waals surface area contributed by atoms with Crippen molar-refractivity contribution in [2.75, 3.05) is 5.73 Å². The van der Waals surface area contributed by atoms with E-state index in [1.54, 1.807) is 6.92 Å². The van der Waals surface area contributed by atoms with E-state index in [0.29, 0.717) is 5.56 Å². The zero-order chi connectivity index (χ0) is 11.8. The van der Waals surface area contributed by atoms with E-state index in [9.17, 15) is 18.3 Å². The van der Waals surface area contributed by atoms with E-state index >= 15 is 0 Å². The number of nitrogen functional groups attached to an aromatic ring is 1. The summed E-state index contributed by atoms with van der Waals surface area (Å²) in [6.07, 6.45) is -4.60. The Balaban J connectivity index is 3.25. The van der Waals surface area contributed by atoms with Gasteiger partial charge in [-0.15, -0.1) is 0 Å². The average molecular weight is 220 g/mol. The van der Waals surface area contributed by atoms with Crippen molar-refractivity contribution < 1.29 is 18.3 Å². The topological polar surface area (TPSA) is 72.3 Å². The van der Waals surface area contributed by atoms with Crippen molar-refractivity contribution in [2.24, 2.45) is 5.73 Å². The van der Waals surface area contributed by atoms with E-state index in [-0.39, 0.29) is 5.69 Å². The van der Waals surface area contributed by atoms with Crippen LogP contribution in [-0.2, 0) is 0 Å². The summed E-state index contributed by atoms with van der Waals surface area (Å²) in [5, 5.41) is 9.35. The molecule has 0 radical (unpaired) electrons. The third kappa shape index (κ3) is 2.33. The van der Waals surface area contributed by atoms with Crippen LogP contribution in [0.5, 0.6) is 5.75 Å². The fourth-order valence-corrected chi connectivity index (χ4v) is 1.25. The molecule has 1 atom stereocenters. The lowest BCUT2D eigenvalue weighted by Gasteiger charge is -2.18. The third-order valence-corrected chi connectivity index (χ3v) is 2.00. The molecule has 6 heteroatoms. The van der Waals surface area contributed by atoms with Crippen LogP contribution < -0.4 is 11.5 Å². The Kier molecular flexibility index (Phi) is 2.81. The summed E-state index contributed by atoms with van der Waals surface area (Å²) in [5.41, 5.74) is 10.3. The maximum absolute atomic E-state index is 12.3. The van der Waals surface area contributed by atoms with Crippen molar-refractivity contribution in [2.45, 2.75) is 19.1 Å². The van der Waals surface area contributed by atoms with Crippen molar-refractivity contribution >= 4 is 5.69 Å². The van der Waals surface area contributed by atoms with Gasteiger partial charge in [-0.2, -0.15) is 13.2 Å². The Morgan fingerprint density at radius 1 is 1.33 bits per heavy atom. The van der Waals surface area contributed by atoms with E-state index in [1.165, 1.54) is 12.1 Å². The van der Waals surface area contributed by atoms with E-state index in [4.69, 9.17) is 11.5 Å². The third-order valence-electron chi connectivity index (χ3n) is 2.00. The predicted octanol–water partition coefficient (Wildman–Crippen LogP) is 1.84. The molecule has 84 valence electrons. The minimum absolute atomic E-state index is 0.107. The number of phenols is 1. The molecule has 0 spiro atoms. The van der Waals surface area contributed by atoms with Crippen LogP contribution in [0.25, 0.3) is 0 Å². The van der Waals surface area contributed by atoms with Gasteiger partial charge >= 0.3 is 6.18 Å². The van der Waals surface area contributed by atoms with Crippen LogP contribution in [0.4, 0.5) is 18.9 Å². The van der Waals surface area contributed by atoms with Gasteiger partial charge in [0.1, 0.15) is 11.8 Å². The molecule has 0 saturated heterocycles. The van der Waals surface area contributed by atoms with Crippen LogP contribution in [0, 0.1) is 6.92 Å². The Bertz CT molecular complexity index is 376. The van der Waals surface area contributed by atoms with E-state index in [1.807, 2.05) is 0 Å². The molecule has 1 aromatic rings. The quantitative estimate of drug-likeness (QED) is 0.499. The Morgan fingerprint density at radius 3 is 2.33 bits per heavy atom.